The molecule has 0 amide bonds. The number of para-hydroxylation sites is 1. The van der Waals surface area contributed by atoms with Gasteiger partial charge in [0.05, 0.1) is 18.0 Å². The summed E-state index contributed by atoms with van der Waals surface area (Å²) in [4.78, 5) is 2.29. The maximum absolute atomic E-state index is 13.3. The summed E-state index contributed by atoms with van der Waals surface area (Å²) in [5, 5.41) is 31.9. The van der Waals surface area contributed by atoms with Gasteiger partial charge in [0, 0.05) is 16.5 Å². The topological polar surface area (TPSA) is 63.9 Å². The highest BCUT2D eigenvalue weighted by Crippen LogP contribution is 2.48. The average Bonchev–Trinajstić information content (AvgIpc) is 3.32. The van der Waals surface area contributed by atoms with Crippen molar-refractivity contribution in [3.63, 3.8) is 0 Å². The molecule has 6 heteroatoms. The molecule has 4 nitrogen and oxygen atoms in total. The Bertz CT molecular complexity index is 1320. The van der Waals surface area contributed by atoms with E-state index in [-0.39, 0.29) is 28.6 Å². The van der Waals surface area contributed by atoms with Crippen molar-refractivity contribution in [3.8, 4) is 22.6 Å². The van der Waals surface area contributed by atoms with Crippen LogP contribution >= 0.6 is 11.8 Å². The lowest BCUT2D eigenvalue weighted by Crippen LogP contribution is -2.27. The number of aromatic hydroxyl groups is 2. The molecule has 36 heavy (non-hydrogen) atoms. The number of hydrogen-bond acceptors (Lipinski definition) is 5. The molecule has 0 saturated carbocycles. The highest BCUT2D eigenvalue weighted by Gasteiger charge is 2.37. The van der Waals surface area contributed by atoms with Gasteiger partial charge in [-0.3, -0.25) is 0 Å². The van der Waals surface area contributed by atoms with Gasteiger partial charge in [-0.25, -0.2) is 4.39 Å². The molecule has 0 aliphatic carbocycles. The minimum absolute atomic E-state index is 0.0870. The van der Waals surface area contributed by atoms with E-state index in [2.05, 4.69) is 17.0 Å². The van der Waals surface area contributed by atoms with Crippen LogP contribution in [0.25, 0.3) is 11.1 Å². The summed E-state index contributed by atoms with van der Waals surface area (Å²) in [6, 6.07) is 28.7. The molecule has 3 atom stereocenters. The number of nitrogens with zero attached hydrogens (tertiary/aromatic N) is 1. The lowest BCUT2D eigenvalue weighted by molar-refractivity contribution is 0.163. The SMILES string of the molecule is Oc1cccc(-c2ccc(C3C(CCC(O)c4ccc(F)cc4)SCN3c3ccccc3)c(O)c2)c1. The van der Waals surface area contributed by atoms with Gasteiger partial charge in [0.25, 0.3) is 0 Å². The molecule has 1 heterocycles. The van der Waals surface area contributed by atoms with Gasteiger partial charge < -0.3 is 20.2 Å². The number of hydrogen-bond donors (Lipinski definition) is 3. The highest BCUT2D eigenvalue weighted by molar-refractivity contribution is 8.00. The van der Waals surface area contributed by atoms with Crippen LogP contribution in [0.1, 0.15) is 36.1 Å². The molecule has 1 aliphatic heterocycles. The minimum atomic E-state index is -0.681. The first kappa shape index (κ1) is 24.2. The van der Waals surface area contributed by atoms with E-state index in [1.807, 2.05) is 48.2 Å². The monoisotopic (exact) mass is 501 g/mol. The van der Waals surface area contributed by atoms with Gasteiger partial charge in [-0.1, -0.05) is 54.6 Å². The number of phenolic OH excluding ortho intramolecular Hbond substituents is 2. The molecule has 0 spiro atoms. The maximum atomic E-state index is 13.3. The van der Waals surface area contributed by atoms with Crippen LogP contribution in [0.3, 0.4) is 0 Å². The molecule has 4 aromatic rings. The standard InChI is InChI=1S/C30H28FNO3S/c31-23-12-9-20(10-13-23)27(34)15-16-29-30(32(19-36-29)24-6-2-1-3-7-24)26-14-11-22(18-28(26)35)21-5-4-8-25(33)17-21/h1-14,17-18,27,29-30,33-35H,15-16,19H2. The van der Waals surface area contributed by atoms with Crippen molar-refractivity contribution in [2.24, 2.45) is 0 Å². The summed E-state index contributed by atoms with van der Waals surface area (Å²) >= 11 is 1.81. The third-order valence-electron chi connectivity index (χ3n) is 6.71. The molecule has 0 aromatic heterocycles. The number of rotatable bonds is 7. The van der Waals surface area contributed by atoms with Crippen LogP contribution in [0.5, 0.6) is 11.5 Å². The van der Waals surface area contributed by atoms with Crippen molar-refractivity contribution in [3.05, 3.63) is 114 Å². The van der Waals surface area contributed by atoms with E-state index < -0.39 is 6.10 Å². The molecule has 1 fully saturated rings. The van der Waals surface area contributed by atoms with Crippen molar-refractivity contribution in [1.29, 1.82) is 0 Å². The van der Waals surface area contributed by atoms with E-state index in [4.69, 9.17) is 0 Å². The maximum Gasteiger partial charge on any atom is 0.123 e. The van der Waals surface area contributed by atoms with Crippen LogP contribution in [0, 0.1) is 5.82 Å². The number of phenols is 2. The zero-order valence-electron chi connectivity index (χ0n) is 19.7. The second-order valence-corrected chi connectivity index (χ2v) is 10.3. The van der Waals surface area contributed by atoms with Crippen molar-refractivity contribution < 1.29 is 19.7 Å². The Labute approximate surface area is 214 Å². The van der Waals surface area contributed by atoms with Crippen molar-refractivity contribution in [2.75, 3.05) is 10.8 Å². The number of aliphatic hydroxyl groups is 1. The van der Waals surface area contributed by atoms with Gasteiger partial charge in [-0.15, -0.1) is 11.8 Å². The summed E-state index contributed by atoms with van der Waals surface area (Å²) in [6.45, 7) is 0. The molecule has 184 valence electrons. The lowest BCUT2D eigenvalue weighted by atomic mass is 9.93. The Morgan fingerprint density at radius 2 is 1.61 bits per heavy atom. The van der Waals surface area contributed by atoms with E-state index in [1.54, 1.807) is 36.4 Å². The van der Waals surface area contributed by atoms with Gasteiger partial charge in [0.15, 0.2) is 0 Å². The summed E-state index contributed by atoms with van der Waals surface area (Å²) in [6.07, 6.45) is 0.578. The largest absolute Gasteiger partial charge is 0.508 e. The van der Waals surface area contributed by atoms with Crippen LogP contribution in [0.15, 0.2) is 97.1 Å². The fourth-order valence-corrected chi connectivity index (χ4v) is 6.29. The summed E-state index contributed by atoms with van der Waals surface area (Å²) in [5.74, 6) is 0.826. The van der Waals surface area contributed by atoms with Crippen molar-refractivity contribution in [1.82, 2.24) is 0 Å². The lowest BCUT2D eigenvalue weighted by Gasteiger charge is -2.30. The molecule has 1 aliphatic rings. The van der Waals surface area contributed by atoms with Crippen LogP contribution in [-0.4, -0.2) is 26.4 Å². The van der Waals surface area contributed by atoms with Crippen LogP contribution in [0.4, 0.5) is 10.1 Å². The molecular weight excluding hydrogens is 473 g/mol. The molecule has 0 radical (unpaired) electrons. The predicted octanol–water partition coefficient (Wildman–Crippen LogP) is 7.04. The molecular formula is C30H28FNO3S. The molecule has 0 bridgehead atoms. The average molecular weight is 502 g/mol. The third kappa shape index (κ3) is 5.20. The number of benzene rings is 4. The van der Waals surface area contributed by atoms with Crippen molar-refractivity contribution in [2.45, 2.75) is 30.2 Å². The summed E-state index contributed by atoms with van der Waals surface area (Å²) in [5.41, 5.74) is 4.26. The zero-order valence-corrected chi connectivity index (χ0v) is 20.5. The summed E-state index contributed by atoms with van der Waals surface area (Å²) in [7, 11) is 0. The first-order valence-corrected chi connectivity index (χ1v) is 13.0. The predicted molar refractivity (Wildman–Crippen MR) is 144 cm³/mol. The number of anilines is 1. The van der Waals surface area contributed by atoms with Gasteiger partial charge in [0.2, 0.25) is 0 Å². The first-order valence-electron chi connectivity index (χ1n) is 12.0. The highest BCUT2D eigenvalue weighted by atomic mass is 32.2. The third-order valence-corrected chi connectivity index (χ3v) is 8.06. The van der Waals surface area contributed by atoms with E-state index in [0.29, 0.717) is 12.0 Å². The Morgan fingerprint density at radius 1 is 0.861 bits per heavy atom. The van der Waals surface area contributed by atoms with Crippen LogP contribution < -0.4 is 4.90 Å². The van der Waals surface area contributed by atoms with Crippen LogP contribution in [0.2, 0.25) is 0 Å². The minimum Gasteiger partial charge on any atom is -0.508 e. The second kappa shape index (κ2) is 10.6. The molecule has 4 aromatic carbocycles. The Kier molecular flexibility index (Phi) is 7.16. The van der Waals surface area contributed by atoms with Gasteiger partial charge >= 0.3 is 0 Å². The van der Waals surface area contributed by atoms with E-state index in [0.717, 1.165) is 34.7 Å². The Morgan fingerprint density at radius 3 is 2.33 bits per heavy atom. The van der Waals surface area contributed by atoms with E-state index in [1.165, 1.54) is 12.1 Å². The first-order chi connectivity index (χ1) is 17.5. The molecule has 1 saturated heterocycles. The molecule has 3 N–H and O–H groups in total. The number of aliphatic hydroxyl groups excluding tert-OH is 1. The number of halogens is 1. The van der Waals surface area contributed by atoms with E-state index >= 15 is 0 Å². The number of thioether (sulfide) groups is 1. The second-order valence-electron chi connectivity index (χ2n) is 9.05. The zero-order chi connectivity index (χ0) is 25.1. The Balaban J connectivity index is 1.42. The summed E-state index contributed by atoms with van der Waals surface area (Å²) < 4.78 is 13.3. The smallest absolute Gasteiger partial charge is 0.123 e. The Hall–Kier alpha value is -3.48. The van der Waals surface area contributed by atoms with Gasteiger partial charge in [-0.05, 0) is 72.0 Å². The van der Waals surface area contributed by atoms with E-state index in [9.17, 15) is 19.7 Å². The normalized spacial score (nSPS) is 18.3. The van der Waals surface area contributed by atoms with Gasteiger partial charge in [0.1, 0.15) is 17.3 Å². The molecule has 5 rings (SSSR count). The van der Waals surface area contributed by atoms with Crippen LogP contribution in [-0.2, 0) is 0 Å². The fraction of sp³-hybridized carbons (Fsp3) is 0.200. The van der Waals surface area contributed by atoms with Crippen molar-refractivity contribution >= 4 is 17.4 Å². The van der Waals surface area contributed by atoms with Gasteiger partial charge in [-0.2, -0.15) is 0 Å². The fourth-order valence-electron chi connectivity index (χ4n) is 4.84. The molecule has 3 unspecified atom stereocenters. The quantitative estimate of drug-likeness (QED) is 0.254.